The Morgan fingerprint density at radius 2 is 1.60 bits per heavy atom. The van der Waals surface area contributed by atoms with Crippen molar-refractivity contribution in [1.29, 1.82) is 0 Å². The first-order valence-electron chi connectivity index (χ1n) is 8.49. The van der Waals surface area contributed by atoms with Crippen LogP contribution in [0.25, 0.3) is 32.6 Å². The van der Waals surface area contributed by atoms with Crippen molar-refractivity contribution >= 4 is 32.6 Å². The molecular formula is C21H15NO3. The molecule has 0 radical (unpaired) electrons. The number of hydrogen-bond donors (Lipinski definition) is 2. The fourth-order valence-electron chi connectivity index (χ4n) is 4.21. The first-order valence-corrected chi connectivity index (χ1v) is 8.49. The van der Waals surface area contributed by atoms with E-state index in [4.69, 9.17) is 9.72 Å². The highest BCUT2D eigenvalue weighted by Gasteiger charge is 2.54. The summed E-state index contributed by atoms with van der Waals surface area (Å²) < 4.78 is 5.64. The molecule has 3 aromatic carbocycles. The largest absolute Gasteiger partial charge is 0.387 e. The Balaban J connectivity index is 1.75. The molecule has 0 bridgehead atoms. The van der Waals surface area contributed by atoms with E-state index in [2.05, 4.69) is 30.3 Å². The Bertz CT molecular complexity index is 1190. The van der Waals surface area contributed by atoms with Gasteiger partial charge in [0.05, 0.1) is 11.0 Å². The first-order chi connectivity index (χ1) is 12.2. The van der Waals surface area contributed by atoms with Crippen LogP contribution in [-0.4, -0.2) is 27.4 Å². The summed E-state index contributed by atoms with van der Waals surface area (Å²) in [4.78, 5) is 4.98. The molecule has 0 amide bonds. The molecule has 2 aliphatic rings. The standard InChI is InChI=1S/C21H15NO3/c23-18-14-8-7-12-9-11-6-5-10-3-1-2-4-13(10)16(11)22-17(12)15(14)20-21(25-20)19(18)24/h1-9,18-21,23-24H/t18-,19+,20-,21+/m0/s1. The molecule has 0 spiro atoms. The molecule has 1 aromatic heterocycles. The quantitative estimate of drug-likeness (QED) is 0.295. The van der Waals surface area contributed by atoms with E-state index in [0.29, 0.717) is 0 Å². The number of fused-ring (bicyclic) bond motifs is 8. The number of rotatable bonds is 0. The molecule has 25 heavy (non-hydrogen) atoms. The molecule has 1 fully saturated rings. The van der Waals surface area contributed by atoms with Crippen molar-refractivity contribution in [3.63, 3.8) is 0 Å². The summed E-state index contributed by atoms with van der Waals surface area (Å²) >= 11 is 0. The van der Waals surface area contributed by atoms with Crippen molar-refractivity contribution in [2.24, 2.45) is 0 Å². The topological polar surface area (TPSA) is 65.9 Å². The van der Waals surface area contributed by atoms with E-state index in [9.17, 15) is 10.2 Å². The zero-order valence-corrected chi connectivity index (χ0v) is 13.3. The van der Waals surface area contributed by atoms with Crippen molar-refractivity contribution in [1.82, 2.24) is 4.98 Å². The van der Waals surface area contributed by atoms with Crippen molar-refractivity contribution in [3.8, 4) is 0 Å². The molecule has 0 saturated carbocycles. The smallest absolute Gasteiger partial charge is 0.118 e. The van der Waals surface area contributed by atoms with Gasteiger partial charge in [-0.25, -0.2) is 4.98 Å². The van der Waals surface area contributed by atoms with Crippen molar-refractivity contribution in [3.05, 3.63) is 65.7 Å². The van der Waals surface area contributed by atoms with Crippen molar-refractivity contribution in [2.75, 3.05) is 0 Å². The number of aliphatic hydroxyl groups is 2. The monoisotopic (exact) mass is 329 g/mol. The molecule has 122 valence electrons. The lowest BCUT2D eigenvalue weighted by molar-refractivity contribution is 0.0000942. The molecule has 2 heterocycles. The predicted octanol–water partition coefficient (Wildman–Crippen LogP) is 3.39. The summed E-state index contributed by atoms with van der Waals surface area (Å²) in [5.74, 6) is 0. The Hall–Kier alpha value is -2.53. The van der Waals surface area contributed by atoms with E-state index in [1.54, 1.807) is 0 Å². The second-order valence-corrected chi connectivity index (χ2v) is 6.94. The Kier molecular flexibility index (Phi) is 2.50. The van der Waals surface area contributed by atoms with Gasteiger partial charge in [0.25, 0.3) is 0 Å². The molecule has 4 nitrogen and oxygen atoms in total. The number of aliphatic hydroxyl groups excluding tert-OH is 2. The number of ether oxygens (including phenoxy) is 1. The van der Waals surface area contributed by atoms with Gasteiger partial charge in [-0.15, -0.1) is 0 Å². The van der Waals surface area contributed by atoms with Gasteiger partial charge in [0.15, 0.2) is 0 Å². The lowest BCUT2D eigenvalue weighted by Gasteiger charge is -2.24. The van der Waals surface area contributed by atoms with Gasteiger partial charge < -0.3 is 14.9 Å². The fourth-order valence-corrected chi connectivity index (χ4v) is 4.21. The molecule has 4 heteroatoms. The minimum atomic E-state index is -0.923. The normalized spacial score (nSPS) is 27.4. The van der Waals surface area contributed by atoms with Gasteiger partial charge in [-0.1, -0.05) is 48.5 Å². The zero-order chi connectivity index (χ0) is 16.7. The van der Waals surface area contributed by atoms with Gasteiger partial charge in [-0.05, 0) is 17.0 Å². The maximum Gasteiger partial charge on any atom is 0.118 e. The molecule has 1 aliphatic carbocycles. The third-order valence-corrected chi connectivity index (χ3v) is 5.54. The summed E-state index contributed by atoms with van der Waals surface area (Å²) in [5.41, 5.74) is 3.47. The van der Waals surface area contributed by atoms with Crippen molar-refractivity contribution in [2.45, 2.75) is 24.4 Å². The molecule has 0 unspecified atom stereocenters. The van der Waals surface area contributed by atoms with Gasteiger partial charge in [-0.3, -0.25) is 0 Å². The Labute approximate surface area is 143 Å². The number of epoxide rings is 1. The first kappa shape index (κ1) is 13.7. The maximum atomic E-state index is 10.4. The van der Waals surface area contributed by atoms with Crippen LogP contribution in [0.2, 0.25) is 0 Å². The van der Waals surface area contributed by atoms with Crippen LogP contribution in [0, 0.1) is 0 Å². The highest BCUT2D eigenvalue weighted by Crippen LogP contribution is 2.52. The van der Waals surface area contributed by atoms with Crippen LogP contribution >= 0.6 is 0 Å². The molecule has 1 saturated heterocycles. The molecule has 4 aromatic rings. The molecule has 2 N–H and O–H groups in total. The Morgan fingerprint density at radius 3 is 2.52 bits per heavy atom. The van der Waals surface area contributed by atoms with Gasteiger partial charge >= 0.3 is 0 Å². The van der Waals surface area contributed by atoms with E-state index in [1.165, 1.54) is 0 Å². The van der Waals surface area contributed by atoms with Crippen LogP contribution in [0.4, 0.5) is 0 Å². The minimum absolute atomic E-state index is 0.169. The fraction of sp³-hybridized carbons (Fsp3) is 0.190. The summed E-state index contributed by atoms with van der Waals surface area (Å²) in [5, 5.41) is 24.9. The van der Waals surface area contributed by atoms with E-state index in [-0.39, 0.29) is 12.2 Å². The van der Waals surface area contributed by atoms with Crippen LogP contribution < -0.4 is 0 Å². The van der Waals surface area contributed by atoms with Crippen LogP contribution in [0.15, 0.2) is 54.6 Å². The Morgan fingerprint density at radius 1 is 0.840 bits per heavy atom. The number of aromatic nitrogens is 1. The highest BCUT2D eigenvalue weighted by atomic mass is 16.6. The SMILES string of the molecule is O[C@H]1[C@H]2O[C@H]2c2c(ccc3cc4ccc5ccccc5c4nc23)[C@@H]1O. The van der Waals surface area contributed by atoms with Gasteiger partial charge in [0, 0.05) is 21.7 Å². The van der Waals surface area contributed by atoms with E-state index < -0.39 is 12.2 Å². The van der Waals surface area contributed by atoms with Gasteiger partial charge in [-0.2, -0.15) is 0 Å². The van der Waals surface area contributed by atoms with Crippen LogP contribution in [0.1, 0.15) is 23.3 Å². The summed E-state index contributed by atoms with van der Waals surface area (Å²) in [6.45, 7) is 0. The van der Waals surface area contributed by atoms with E-state index in [0.717, 1.165) is 43.7 Å². The predicted molar refractivity (Wildman–Crippen MR) is 95.3 cm³/mol. The van der Waals surface area contributed by atoms with Crippen molar-refractivity contribution < 1.29 is 14.9 Å². The summed E-state index contributed by atoms with van der Waals surface area (Å²) in [6, 6.07) is 18.4. The minimum Gasteiger partial charge on any atom is -0.387 e. The average molecular weight is 329 g/mol. The number of hydrogen-bond acceptors (Lipinski definition) is 4. The third kappa shape index (κ3) is 1.74. The average Bonchev–Trinajstić information content (AvgIpc) is 3.44. The third-order valence-electron chi connectivity index (χ3n) is 5.54. The lowest BCUT2D eigenvalue weighted by atomic mass is 9.85. The van der Waals surface area contributed by atoms with E-state index >= 15 is 0 Å². The van der Waals surface area contributed by atoms with Gasteiger partial charge in [0.1, 0.15) is 24.4 Å². The highest BCUT2D eigenvalue weighted by molar-refractivity contribution is 6.08. The number of benzene rings is 3. The molecule has 1 aliphatic heterocycles. The molecule has 6 rings (SSSR count). The summed E-state index contributed by atoms with van der Waals surface area (Å²) in [7, 11) is 0. The maximum absolute atomic E-state index is 10.4. The van der Waals surface area contributed by atoms with E-state index in [1.807, 2.05) is 24.3 Å². The number of nitrogens with zero attached hydrogens (tertiary/aromatic N) is 1. The zero-order valence-electron chi connectivity index (χ0n) is 13.3. The number of pyridine rings is 1. The molecule has 4 atom stereocenters. The second kappa shape index (κ2) is 4.55. The van der Waals surface area contributed by atoms with Crippen LogP contribution in [-0.2, 0) is 4.74 Å². The summed E-state index contributed by atoms with van der Waals surface area (Å²) in [6.07, 6.45) is -2.28. The van der Waals surface area contributed by atoms with Gasteiger partial charge in [0.2, 0.25) is 0 Å². The van der Waals surface area contributed by atoms with Crippen LogP contribution in [0.5, 0.6) is 0 Å². The molecular weight excluding hydrogens is 314 g/mol. The lowest BCUT2D eigenvalue weighted by Crippen LogP contribution is -2.29. The second-order valence-electron chi connectivity index (χ2n) is 6.94. The van der Waals surface area contributed by atoms with Crippen LogP contribution in [0.3, 0.4) is 0 Å².